The zero-order valence-corrected chi connectivity index (χ0v) is 5.16. The molecule has 0 aliphatic rings. The lowest BCUT2D eigenvalue weighted by molar-refractivity contribution is 0.688. The molecule has 0 aromatic rings. The van der Waals surface area contributed by atoms with E-state index in [1.54, 1.807) is 6.07 Å². The lowest BCUT2D eigenvalue weighted by Gasteiger charge is -1.82. The molecule has 0 unspecified atom stereocenters. The highest BCUT2D eigenvalue weighted by molar-refractivity contribution is 8.00. The summed E-state index contributed by atoms with van der Waals surface area (Å²) in [7, 11) is -1.91. The average Bonchev–Trinajstić information content (AvgIpc) is 1.30. The largest absolute Gasteiger partial charge is 0.267 e. The van der Waals surface area contributed by atoms with Gasteiger partial charge in [0.05, 0.1) is 11.4 Å². The minimum atomic E-state index is -1.91. The van der Waals surface area contributed by atoms with Gasteiger partial charge in [0.15, 0.2) is 0 Å². The summed E-state index contributed by atoms with van der Waals surface area (Å²) in [6, 6.07) is 1.71. The van der Waals surface area contributed by atoms with Crippen molar-refractivity contribution >= 4 is 14.9 Å². The highest BCUT2D eigenvalue weighted by atomic mass is 32.2. The van der Waals surface area contributed by atoms with Crippen molar-refractivity contribution in [3.63, 3.8) is 0 Å². The molecule has 7 heavy (non-hydrogen) atoms. The molecule has 0 aliphatic carbocycles. The Balaban J connectivity index is 4.43. The van der Waals surface area contributed by atoms with Crippen LogP contribution in [0.3, 0.4) is 0 Å². The molecule has 0 fully saturated rings. The summed E-state index contributed by atoms with van der Waals surface area (Å²) >= 11 is 0. The summed E-state index contributed by atoms with van der Waals surface area (Å²) < 4.78 is 10.5. The number of hydrogen-bond acceptors (Lipinski definition) is 2. The topological polar surface area (TPSA) is 40.9 Å². The maximum absolute atomic E-state index is 10.5. The van der Waals surface area contributed by atoms with Gasteiger partial charge >= 0.3 is 0 Å². The van der Waals surface area contributed by atoms with Gasteiger partial charge in [0.25, 0.3) is 0 Å². The van der Waals surface area contributed by atoms with E-state index in [1.807, 2.05) is 0 Å². The Bertz CT molecular complexity index is 184. The average molecular weight is 117 g/mol. The zero-order chi connectivity index (χ0) is 5.91. The van der Waals surface area contributed by atoms with Gasteiger partial charge in [0.1, 0.15) is 0 Å². The molecular weight excluding hydrogens is 110 g/mol. The van der Waals surface area contributed by atoms with Crippen molar-refractivity contribution in [1.82, 2.24) is 0 Å². The smallest absolute Gasteiger partial charge is 0.0998 e. The summed E-state index contributed by atoms with van der Waals surface area (Å²) in [5, 5.41) is 9.06. The molecule has 0 saturated heterocycles. The third kappa shape index (κ3) is 5.51. The lowest BCUT2D eigenvalue weighted by atomic mass is 10.9. The van der Waals surface area contributed by atoms with Gasteiger partial charge < -0.3 is 0 Å². The van der Waals surface area contributed by atoms with E-state index >= 15 is 0 Å². The first-order valence-electron chi connectivity index (χ1n) is 1.73. The number of nitrogens with zero attached hydrogens (tertiary/aromatic N) is 1. The molecule has 0 amide bonds. The molecule has 0 aliphatic heterocycles. The van der Waals surface area contributed by atoms with E-state index in [2.05, 4.69) is 0 Å². The van der Waals surface area contributed by atoms with Gasteiger partial charge in [-0.1, -0.05) is 0 Å². The predicted molar refractivity (Wildman–Crippen MR) is 31.7 cm³/mol. The molecule has 0 saturated carbocycles. The maximum Gasteiger partial charge on any atom is 0.0998 e. The van der Waals surface area contributed by atoms with E-state index in [1.165, 1.54) is 12.5 Å². The molecule has 0 atom stereocenters. The van der Waals surface area contributed by atoms with Crippen LogP contribution in [0.4, 0.5) is 0 Å². The molecule has 0 N–H and O–H groups in total. The molecule has 0 bridgehead atoms. The summed E-state index contributed by atoms with van der Waals surface area (Å²) in [5.74, 6) is 0. The Labute approximate surface area is 43.8 Å². The van der Waals surface area contributed by atoms with Crippen molar-refractivity contribution in [1.29, 1.82) is 5.26 Å². The second-order valence-corrected chi connectivity index (χ2v) is 4.41. The van der Waals surface area contributed by atoms with E-state index in [-0.39, 0.29) is 0 Å². The van der Waals surface area contributed by atoms with Crippen LogP contribution in [0.15, 0.2) is 0 Å². The second kappa shape index (κ2) is 1.99. The molecule has 0 heterocycles. The highest BCUT2D eigenvalue weighted by Gasteiger charge is 1.80. The minimum Gasteiger partial charge on any atom is -0.267 e. The van der Waals surface area contributed by atoms with Gasteiger partial charge in [0.2, 0.25) is 0 Å². The first-order chi connectivity index (χ1) is 3.06. The van der Waals surface area contributed by atoms with Crippen molar-refractivity contribution in [3.8, 4) is 6.07 Å². The number of nitriles is 1. The van der Waals surface area contributed by atoms with Crippen LogP contribution in [0, 0.1) is 11.3 Å². The van der Waals surface area contributed by atoms with Gasteiger partial charge in [-0.15, -0.1) is 0 Å². The van der Waals surface area contributed by atoms with Crippen LogP contribution in [-0.4, -0.2) is 22.1 Å². The van der Waals surface area contributed by atoms with Crippen molar-refractivity contribution in [2.45, 2.75) is 0 Å². The second-order valence-electron chi connectivity index (χ2n) is 1.56. The van der Waals surface area contributed by atoms with Crippen molar-refractivity contribution in [3.05, 3.63) is 0 Å². The van der Waals surface area contributed by atoms with Gasteiger partial charge in [-0.05, 0) is 9.52 Å². The number of rotatable bonds is 0. The van der Waals surface area contributed by atoms with Crippen molar-refractivity contribution < 1.29 is 4.21 Å². The van der Waals surface area contributed by atoms with Gasteiger partial charge in [0, 0.05) is 12.5 Å². The molecule has 0 aromatic heterocycles. The van der Waals surface area contributed by atoms with E-state index in [0.717, 1.165) is 5.37 Å². The molecule has 3 heteroatoms. The van der Waals surface area contributed by atoms with Gasteiger partial charge in [-0.25, -0.2) is 0 Å². The standard InChI is InChI=1S/C4H7NOS/c1-7(2,6)4-3-5/h4H,1-2H3. The van der Waals surface area contributed by atoms with Gasteiger partial charge in [-0.2, -0.15) is 5.26 Å². The Morgan fingerprint density at radius 2 is 2.14 bits per heavy atom. The fraction of sp³-hybridized carbons (Fsp3) is 0.500. The van der Waals surface area contributed by atoms with Crippen LogP contribution >= 0.6 is 0 Å². The van der Waals surface area contributed by atoms with Gasteiger partial charge in [-0.3, -0.25) is 4.21 Å². The molecule has 0 rings (SSSR count). The lowest BCUT2D eigenvalue weighted by Crippen LogP contribution is -1.93. The predicted octanol–water partition coefficient (Wildman–Crippen LogP) is -0.144. The quantitative estimate of drug-likeness (QED) is 0.414. The Hall–Kier alpha value is -0.490. The molecule has 0 spiro atoms. The van der Waals surface area contributed by atoms with E-state index in [4.69, 9.17) is 5.26 Å². The minimum absolute atomic E-state index is 1.15. The zero-order valence-electron chi connectivity index (χ0n) is 4.34. The van der Waals surface area contributed by atoms with Crippen molar-refractivity contribution in [2.75, 3.05) is 12.5 Å². The summed E-state index contributed by atoms with van der Waals surface area (Å²) in [4.78, 5) is 0. The normalized spacial score (nSPS) is 9.86. The van der Waals surface area contributed by atoms with Crippen LogP contribution in [0.25, 0.3) is 0 Å². The first-order valence-corrected chi connectivity index (χ1v) is 4.17. The highest BCUT2D eigenvalue weighted by Crippen LogP contribution is 1.69. The van der Waals surface area contributed by atoms with Crippen LogP contribution < -0.4 is 0 Å². The van der Waals surface area contributed by atoms with E-state index in [0.29, 0.717) is 0 Å². The van der Waals surface area contributed by atoms with Crippen LogP contribution in [0.2, 0.25) is 0 Å². The molecular formula is C4H7NOS. The SMILES string of the molecule is CS(C)(=O)=CC#N. The van der Waals surface area contributed by atoms with Crippen molar-refractivity contribution in [2.24, 2.45) is 0 Å². The van der Waals surface area contributed by atoms with E-state index < -0.39 is 9.52 Å². The summed E-state index contributed by atoms with van der Waals surface area (Å²) in [6.45, 7) is 0. The molecule has 2 nitrogen and oxygen atoms in total. The number of hydrogen-bond donors (Lipinski definition) is 0. The van der Waals surface area contributed by atoms with E-state index in [9.17, 15) is 4.21 Å². The maximum atomic E-state index is 10.5. The molecule has 40 valence electrons. The fourth-order valence-electron chi connectivity index (χ4n) is 0.127. The van der Waals surface area contributed by atoms with Crippen LogP contribution in [-0.2, 0) is 9.52 Å². The summed E-state index contributed by atoms with van der Waals surface area (Å²) in [6.07, 6.45) is 3.05. The Morgan fingerprint density at radius 3 is 2.14 bits per heavy atom. The molecule has 0 aromatic carbocycles. The van der Waals surface area contributed by atoms with Crippen LogP contribution in [0.5, 0.6) is 0 Å². The Kier molecular flexibility index (Phi) is 1.85. The summed E-state index contributed by atoms with van der Waals surface area (Å²) in [5.41, 5.74) is 0. The third-order valence-electron chi connectivity index (χ3n) is 0.337. The van der Waals surface area contributed by atoms with Crippen LogP contribution in [0.1, 0.15) is 0 Å². The molecule has 0 radical (unpaired) electrons. The fourth-order valence-corrected chi connectivity index (χ4v) is 0.381. The first kappa shape index (κ1) is 6.51. The Morgan fingerprint density at radius 1 is 1.71 bits per heavy atom. The monoisotopic (exact) mass is 117 g/mol. The third-order valence-corrected chi connectivity index (χ3v) is 1.01.